The number of benzene rings is 3. The Labute approximate surface area is 158 Å². The minimum absolute atomic E-state index is 0.201. The van der Waals surface area contributed by atoms with E-state index >= 15 is 0 Å². The van der Waals surface area contributed by atoms with E-state index in [-0.39, 0.29) is 17.1 Å². The van der Waals surface area contributed by atoms with Gasteiger partial charge in [-0.2, -0.15) is 0 Å². The lowest BCUT2D eigenvalue weighted by atomic mass is 10.2. The maximum Gasteiger partial charge on any atom is 0.344 e. The highest BCUT2D eigenvalue weighted by Gasteiger charge is 2.23. The number of thiophene rings is 1. The maximum absolute atomic E-state index is 12.1. The van der Waals surface area contributed by atoms with E-state index in [1.165, 1.54) is 27.3 Å². The number of hydrogen-bond acceptors (Lipinski definition) is 4. The first-order valence-corrected chi connectivity index (χ1v) is 9.68. The molecule has 0 atom stereocenters. The molecule has 0 aliphatic rings. The second-order valence-electron chi connectivity index (χ2n) is 5.98. The van der Waals surface area contributed by atoms with Crippen molar-refractivity contribution in [1.82, 2.24) is 0 Å². The highest BCUT2D eigenvalue weighted by Crippen LogP contribution is 2.48. The van der Waals surface area contributed by atoms with Crippen molar-refractivity contribution in [2.75, 3.05) is 13.7 Å². The van der Waals surface area contributed by atoms with Crippen molar-refractivity contribution in [3.8, 4) is 4.90 Å². The molecule has 5 heteroatoms. The molecule has 0 saturated carbocycles. The molecule has 4 nitrogen and oxygen atoms in total. The summed E-state index contributed by atoms with van der Waals surface area (Å²) in [6, 6.07) is 24.3. The van der Waals surface area contributed by atoms with Crippen molar-refractivity contribution >= 4 is 42.6 Å². The number of carbonyl (C=O) groups is 2. The molecule has 134 valence electrons. The van der Waals surface area contributed by atoms with E-state index in [9.17, 15) is 9.59 Å². The van der Waals surface area contributed by atoms with Crippen LogP contribution in [-0.2, 0) is 14.3 Å². The van der Waals surface area contributed by atoms with Gasteiger partial charge >= 0.3 is 11.9 Å². The van der Waals surface area contributed by atoms with Crippen molar-refractivity contribution in [3.63, 3.8) is 0 Å². The highest BCUT2D eigenvalue weighted by atomic mass is 32.2. The third-order valence-electron chi connectivity index (χ3n) is 4.38. The molecule has 0 N–H and O–H groups in total. The lowest BCUT2D eigenvalue weighted by Gasteiger charge is -2.03. The van der Waals surface area contributed by atoms with Crippen LogP contribution in [-0.4, -0.2) is 25.7 Å². The number of hydrogen-bond donors (Lipinski definition) is 0. The molecule has 0 amide bonds. The lowest BCUT2D eigenvalue weighted by molar-refractivity contribution is -0.144. The molecule has 0 fully saturated rings. The summed E-state index contributed by atoms with van der Waals surface area (Å²) in [5, 5.41) is 2.52. The second-order valence-corrected chi connectivity index (χ2v) is 7.94. The van der Waals surface area contributed by atoms with E-state index in [1.807, 2.05) is 12.1 Å². The smallest absolute Gasteiger partial charge is 0.344 e. The molecule has 0 bridgehead atoms. The van der Waals surface area contributed by atoms with Crippen molar-refractivity contribution < 1.29 is 19.1 Å². The number of fused-ring (bicyclic) bond motifs is 3. The summed E-state index contributed by atoms with van der Waals surface area (Å²) in [6.07, 6.45) is 0. The molecule has 3 aromatic carbocycles. The zero-order chi connectivity index (χ0) is 18.8. The van der Waals surface area contributed by atoms with Gasteiger partial charge in [-0.15, -0.1) is 0 Å². The van der Waals surface area contributed by atoms with Gasteiger partial charge in [-0.1, -0.05) is 24.3 Å². The Morgan fingerprint density at radius 2 is 1.37 bits per heavy atom. The van der Waals surface area contributed by atoms with Gasteiger partial charge in [-0.25, -0.2) is 9.59 Å². The summed E-state index contributed by atoms with van der Waals surface area (Å²) in [5.41, 5.74) is 0.409. The fourth-order valence-corrected chi connectivity index (χ4v) is 5.48. The topological polar surface area (TPSA) is 52.6 Å². The zero-order valence-electron chi connectivity index (χ0n) is 14.7. The summed E-state index contributed by atoms with van der Waals surface area (Å²) in [6.45, 7) is -0.387. The van der Waals surface area contributed by atoms with Crippen molar-refractivity contribution in [2.45, 2.75) is 0 Å². The predicted molar refractivity (Wildman–Crippen MR) is 108 cm³/mol. The third kappa shape index (κ3) is 3.17. The largest absolute Gasteiger partial charge is 0.466 e. The predicted octanol–water partition coefficient (Wildman–Crippen LogP) is 5.06. The molecule has 0 spiro atoms. The van der Waals surface area contributed by atoms with Crippen molar-refractivity contribution in [2.24, 2.45) is 0 Å². The second kappa shape index (κ2) is 7.21. The summed E-state index contributed by atoms with van der Waals surface area (Å²) < 4.78 is 12.0. The van der Waals surface area contributed by atoms with Crippen LogP contribution in [0.3, 0.4) is 0 Å². The van der Waals surface area contributed by atoms with Crippen LogP contribution in [0.1, 0.15) is 10.4 Å². The first-order valence-electron chi connectivity index (χ1n) is 8.46. The number of ether oxygens (including phenoxy) is 2. The van der Waals surface area contributed by atoms with Crippen LogP contribution in [0, 0.1) is 0 Å². The Bertz CT molecular complexity index is 1090. The Balaban J connectivity index is 1.72. The monoisotopic (exact) mass is 377 g/mol. The summed E-state index contributed by atoms with van der Waals surface area (Å²) in [7, 11) is 1.05. The van der Waals surface area contributed by atoms with Crippen LogP contribution in [0.25, 0.3) is 25.1 Å². The third-order valence-corrected chi connectivity index (χ3v) is 6.71. The summed E-state index contributed by atoms with van der Waals surface area (Å²) in [5.74, 6) is -1.12. The van der Waals surface area contributed by atoms with Crippen molar-refractivity contribution in [3.05, 3.63) is 78.4 Å². The van der Waals surface area contributed by atoms with E-state index in [2.05, 4.69) is 53.3 Å². The van der Waals surface area contributed by atoms with Gasteiger partial charge in [0.25, 0.3) is 0 Å². The first-order chi connectivity index (χ1) is 13.2. The number of esters is 2. The first kappa shape index (κ1) is 17.2. The van der Waals surface area contributed by atoms with E-state index in [0.29, 0.717) is 5.56 Å². The van der Waals surface area contributed by atoms with Crippen LogP contribution in [0.4, 0.5) is 0 Å². The summed E-state index contributed by atoms with van der Waals surface area (Å²) in [4.78, 5) is 24.3. The highest BCUT2D eigenvalue weighted by molar-refractivity contribution is 7.50. The molecule has 4 aromatic rings. The van der Waals surface area contributed by atoms with E-state index in [0.717, 1.165) is 4.90 Å². The number of methoxy groups -OCH3 is 1. The van der Waals surface area contributed by atoms with Crippen molar-refractivity contribution in [1.29, 1.82) is 0 Å². The number of rotatable bonds is 4. The summed E-state index contributed by atoms with van der Waals surface area (Å²) >= 11 is 0. The minimum atomic E-state index is -0.583. The Morgan fingerprint density at radius 3 is 1.93 bits per heavy atom. The molecule has 0 radical (unpaired) electrons. The number of carbonyl (C=O) groups excluding carboxylic acids is 2. The van der Waals surface area contributed by atoms with Crippen LogP contribution in [0.15, 0.2) is 72.8 Å². The van der Waals surface area contributed by atoms with Gasteiger partial charge in [-0.3, -0.25) is 0 Å². The van der Waals surface area contributed by atoms with Crippen LogP contribution in [0.2, 0.25) is 0 Å². The molecule has 4 rings (SSSR count). The maximum atomic E-state index is 12.1. The van der Waals surface area contributed by atoms with Gasteiger partial charge in [0.2, 0.25) is 0 Å². The Kier molecular flexibility index (Phi) is 4.60. The molecule has 0 aliphatic heterocycles. The molecule has 0 aliphatic carbocycles. The van der Waals surface area contributed by atoms with Crippen LogP contribution < -0.4 is 0 Å². The SMILES string of the molecule is COC(=O)COC(=O)c1ccc(-[s+]2c3ccccc3c3ccccc32)cc1. The molecule has 1 heterocycles. The minimum Gasteiger partial charge on any atom is -0.466 e. The van der Waals surface area contributed by atoms with E-state index in [4.69, 9.17) is 4.74 Å². The Hall–Kier alpha value is -3.18. The average Bonchev–Trinajstić information content (AvgIpc) is 3.06. The molecular weight excluding hydrogens is 360 g/mol. The zero-order valence-corrected chi connectivity index (χ0v) is 15.5. The molecule has 1 aromatic heterocycles. The molecule has 0 saturated heterocycles. The fraction of sp³-hybridized carbons (Fsp3) is 0.0909. The van der Waals surface area contributed by atoms with Crippen LogP contribution >= 0.6 is 10.5 Å². The molecule has 0 unspecified atom stereocenters. The quantitative estimate of drug-likeness (QED) is 0.368. The molecule has 27 heavy (non-hydrogen) atoms. The van der Waals surface area contributed by atoms with E-state index < -0.39 is 11.9 Å². The van der Waals surface area contributed by atoms with Gasteiger partial charge in [-0.05, 0) is 48.5 Å². The van der Waals surface area contributed by atoms with Gasteiger partial charge in [0, 0.05) is 21.2 Å². The van der Waals surface area contributed by atoms with Gasteiger partial charge in [0.1, 0.15) is 0 Å². The Morgan fingerprint density at radius 1 is 0.815 bits per heavy atom. The average molecular weight is 377 g/mol. The lowest BCUT2D eigenvalue weighted by Crippen LogP contribution is -2.14. The van der Waals surface area contributed by atoms with Crippen LogP contribution in [0.5, 0.6) is 0 Å². The van der Waals surface area contributed by atoms with Gasteiger partial charge in [0.05, 0.1) is 12.7 Å². The van der Waals surface area contributed by atoms with E-state index in [1.54, 1.807) is 12.1 Å². The van der Waals surface area contributed by atoms with Gasteiger partial charge in [0.15, 0.2) is 20.9 Å². The van der Waals surface area contributed by atoms with Gasteiger partial charge < -0.3 is 9.47 Å². The normalized spacial score (nSPS) is 10.9. The standard InChI is InChI=1S/C22H17O4S/c1-25-21(23)14-26-22(24)15-10-12-16(13-11-15)27-19-8-4-2-6-17(19)18-7-3-5-9-20(18)27/h2-13H,14H2,1H3/q+1. The molecular formula is C22H17O4S+. The fourth-order valence-electron chi connectivity index (χ4n) is 3.10.